The van der Waals surface area contributed by atoms with Crippen LogP contribution in [0.4, 0.5) is 0 Å². The van der Waals surface area contributed by atoms with E-state index in [0.29, 0.717) is 12.1 Å². The van der Waals surface area contributed by atoms with Crippen LogP contribution in [0.3, 0.4) is 0 Å². The molecule has 0 aliphatic carbocycles. The summed E-state index contributed by atoms with van der Waals surface area (Å²) in [6.07, 6.45) is 3.80. The number of hydrogen-bond donors (Lipinski definition) is 1. The fourth-order valence-electron chi connectivity index (χ4n) is 1.87. The van der Waals surface area contributed by atoms with Gasteiger partial charge in [-0.1, -0.05) is 43.5 Å². The summed E-state index contributed by atoms with van der Waals surface area (Å²) in [4.78, 5) is 0. The van der Waals surface area contributed by atoms with Gasteiger partial charge in [-0.25, -0.2) is 0 Å². The average molecular weight is 240 g/mol. The van der Waals surface area contributed by atoms with E-state index >= 15 is 0 Å². The van der Waals surface area contributed by atoms with Gasteiger partial charge in [0.1, 0.15) is 0 Å². The molecule has 1 aromatic carbocycles. The first kappa shape index (κ1) is 13.5. The van der Waals surface area contributed by atoms with Crippen molar-refractivity contribution in [2.75, 3.05) is 0 Å². The molecule has 1 N–H and O–H groups in total. The maximum Gasteiger partial charge on any atom is 0.0406 e. The summed E-state index contributed by atoms with van der Waals surface area (Å²) in [5.74, 6) is 0. The minimum Gasteiger partial charge on any atom is -0.308 e. The Morgan fingerprint density at radius 1 is 1.19 bits per heavy atom. The van der Waals surface area contributed by atoms with Crippen molar-refractivity contribution in [3.63, 3.8) is 0 Å². The quantitative estimate of drug-likeness (QED) is 0.767. The summed E-state index contributed by atoms with van der Waals surface area (Å²) >= 11 is 5.87. The molecule has 0 aliphatic heterocycles. The first-order valence-electron chi connectivity index (χ1n) is 6.15. The fraction of sp³-hybridized carbons (Fsp3) is 0.571. The molecule has 0 saturated carbocycles. The number of halogens is 1. The number of nitrogens with one attached hydrogen (secondary N) is 1. The molecule has 0 aromatic heterocycles. The fourth-order valence-corrected chi connectivity index (χ4v) is 1.99. The van der Waals surface area contributed by atoms with Gasteiger partial charge in [0.05, 0.1) is 0 Å². The molecular formula is C14H22ClN. The number of rotatable bonds is 6. The molecule has 0 spiro atoms. The van der Waals surface area contributed by atoms with E-state index in [4.69, 9.17) is 11.6 Å². The van der Waals surface area contributed by atoms with E-state index in [9.17, 15) is 0 Å². The van der Waals surface area contributed by atoms with Gasteiger partial charge in [-0.15, -0.1) is 0 Å². The molecular weight excluding hydrogens is 218 g/mol. The Morgan fingerprint density at radius 3 is 2.38 bits per heavy atom. The van der Waals surface area contributed by atoms with Crippen LogP contribution in [0, 0.1) is 0 Å². The van der Waals surface area contributed by atoms with E-state index in [1.807, 2.05) is 12.1 Å². The molecule has 2 heteroatoms. The van der Waals surface area contributed by atoms with Crippen molar-refractivity contribution in [3.05, 3.63) is 34.9 Å². The lowest BCUT2D eigenvalue weighted by molar-refractivity contribution is 0.444. The van der Waals surface area contributed by atoms with E-state index in [1.165, 1.54) is 24.8 Å². The van der Waals surface area contributed by atoms with Gasteiger partial charge < -0.3 is 5.32 Å². The van der Waals surface area contributed by atoms with Gasteiger partial charge >= 0.3 is 0 Å². The van der Waals surface area contributed by atoms with Crippen molar-refractivity contribution in [1.82, 2.24) is 5.32 Å². The third-order valence-electron chi connectivity index (χ3n) is 2.90. The summed E-state index contributed by atoms with van der Waals surface area (Å²) in [5, 5.41) is 4.41. The van der Waals surface area contributed by atoms with Crippen molar-refractivity contribution in [3.8, 4) is 0 Å². The van der Waals surface area contributed by atoms with Gasteiger partial charge in [0, 0.05) is 17.1 Å². The van der Waals surface area contributed by atoms with E-state index in [2.05, 4.69) is 38.2 Å². The van der Waals surface area contributed by atoms with Gasteiger partial charge in [0.15, 0.2) is 0 Å². The second-order valence-corrected chi connectivity index (χ2v) is 4.92. The summed E-state index contributed by atoms with van der Waals surface area (Å²) < 4.78 is 0. The number of hydrogen-bond acceptors (Lipinski definition) is 1. The van der Waals surface area contributed by atoms with Crippen LogP contribution in [0.5, 0.6) is 0 Å². The standard InChI is InChI=1S/C14H22ClN/c1-4-5-6-11(2)16-12(3)13-7-9-14(15)10-8-13/h7-12,16H,4-6H2,1-3H3. The highest BCUT2D eigenvalue weighted by Crippen LogP contribution is 2.17. The van der Waals surface area contributed by atoms with Crippen molar-refractivity contribution >= 4 is 11.6 Å². The van der Waals surface area contributed by atoms with Gasteiger partial charge in [-0.2, -0.15) is 0 Å². The van der Waals surface area contributed by atoms with Crippen LogP contribution in [-0.4, -0.2) is 6.04 Å². The van der Waals surface area contributed by atoms with E-state index in [0.717, 1.165) is 5.02 Å². The van der Waals surface area contributed by atoms with Gasteiger partial charge in [0.2, 0.25) is 0 Å². The topological polar surface area (TPSA) is 12.0 Å². The Labute approximate surface area is 104 Å². The third-order valence-corrected chi connectivity index (χ3v) is 3.15. The Hall–Kier alpha value is -0.530. The Kier molecular flexibility index (Phi) is 5.86. The Bertz CT molecular complexity index is 294. The maximum absolute atomic E-state index is 5.87. The predicted molar refractivity (Wildman–Crippen MR) is 72.0 cm³/mol. The number of benzene rings is 1. The molecule has 16 heavy (non-hydrogen) atoms. The van der Waals surface area contributed by atoms with Crippen molar-refractivity contribution in [1.29, 1.82) is 0 Å². The molecule has 0 aliphatic rings. The SMILES string of the molecule is CCCCC(C)NC(C)c1ccc(Cl)cc1. The van der Waals surface area contributed by atoms with Gasteiger partial charge in [-0.3, -0.25) is 0 Å². The van der Waals surface area contributed by atoms with Crippen LogP contribution in [0.15, 0.2) is 24.3 Å². The molecule has 0 bridgehead atoms. The molecule has 0 heterocycles. The maximum atomic E-state index is 5.87. The zero-order valence-corrected chi connectivity index (χ0v) is 11.2. The molecule has 0 fully saturated rings. The molecule has 1 aromatic rings. The molecule has 1 rings (SSSR count). The van der Waals surface area contributed by atoms with Crippen LogP contribution in [0.25, 0.3) is 0 Å². The lowest BCUT2D eigenvalue weighted by atomic mass is 10.1. The van der Waals surface area contributed by atoms with Crippen LogP contribution < -0.4 is 5.32 Å². The highest BCUT2D eigenvalue weighted by Gasteiger charge is 2.08. The molecule has 0 saturated heterocycles. The first-order chi connectivity index (χ1) is 7.63. The van der Waals surface area contributed by atoms with E-state index in [-0.39, 0.29) is 0 Å². The Morgan fingerprint density at radius 2 is 1.81 bits per heavy atom. The number of unbranched alkanes of at least 4 members (excludes halogenated alkanes) is 1. The molecule has 0 amide bonds. The van der Waals surface area contributed by atoms with Crippen LogP contribution in [0.1, 0.15) is 51.6 Å². The molecule has 2 unspecified atom stereocenters. The van der Waals surface area contributed by atoms with Crippen molar-refractivity contribution < 1.29 is 0 Å². The summed E-state index contributed by atoms with van der Waals surface area (Å²) in [6.45, 7) is 6.68. The highest BCUT2D eigenvalue weighted by atomic mass is 35.5. The lowest BCUT2D eigenvalue weighted by Crippen LogP contribution is -2.28. The molecule has 2 atom stereocenters. The zero-order chi connectivity index (χ0) is 12.0. The largest absolute Gasteiger partial charge is 0.308 e. The Balaban J connectivity index is 2.45. The normalized spacial score (nSPS) is 14.8. The molecule has 0 radical (unpaired) electrons. The second-order valence-electron chi connectivity index (χ2n) is 4.48. The highest BCUT2D eigenvalue weighted by molar-refractivity contribution is 6.30. The molecule has 90 valence electrons. The zero-order valence-electron chi connectivity index (χ0n) is 10.5. The van der Waals surface area contributed by atoms with Gasteiger partial charge in [-0.05, 0) is 38.0 Å². The molecule has 1 nitrogen and oxygen atoms in total. The van der Waals surface area contributed by atoms with Crippen LogP contribution in [0.2, 0.25) is 5.02 Å². The second kappa shape index (κ2) is 6.93. The predicted octanol–water partition coefficient (Wildman–Crippen LogP) is 4.57. The van der Waals surface area contributed by atoms with E-state index < -0.39 is 0 Å². The van der Waals surface area contributed by atoms with Crippen LogP contribution >= 0.6 is 11.6 Å². The summed E-state index contributed by atoms with van der Waals surface area (Å²) in [7, 11) is 0. The van der Waals surface area contributed by atoms with E-state index in [1.54, 1.807) is 0 Å². The summed E-state index contributed by atoms with van der Waals surface area (Å²) in [5.41, 5.74) is 1.30. The monoisotopic (exact) mass is 239 g/mol. The first-order valence-corrected chi connectivity index (χ1v) is 6.52. The lowest BCUT2D eigenvalue weighted by Gasteiger charge is -2.20. The van der Waals surface area contributed by atoms with Crippen molar-refractivity contribution in [2.24, 2.45) is 0 Å². The average Bonchev–Trinajstić information content (AvgIpc) is 2.27. The van der Waals surface area contributed by atoms with Gasteiger partial charge in [0.25, 0.3) is 0 Å². The smallest absolute Gasteiger partial charge is 0.0406 e. The minimum atomic E-state index is 0.393. The van der Waals surface area contributed by atoms with Crippen LogP contribution in [-0.2, 0) is 0 Å². The minimum absolute atomic E-state index is 0.393. The summed E-state index contributed by atoms with van der Waals surface area (Å²) in [6, 6.07) is 9.05. The van der Waals surface area contributed by atoms with Crippen molar-refractivity contribution in [2.45, 2.75) is 52.1 Å². The third kappa shape index (κ3) is 4.54.